The molecule has 0 bridgehead atoms. The summed E-state index contributed by atoms with van der Waals surface area (Å²) in [6.07, 6.45) is -1.61. The molecule has 108 valence electrons. The molecule has 1 atom stereocenters. The van der Waals surface area contributed by atoms with E-state index in [1.165, 1.54) is 30.3 Å². The number of aliphatic hydroxyl groups is 1. The lowest BCUT2D eigenvalue weighted by Crippen LogP contribution is -2.12. The van der Waals surface area contributed by atoms with Gasteiger partial charge in [-0.25, -0.2) is 0 Å². The molecule has 0 spiro atoms. The molecule has 2 N–H and O–H groups in total. The first-order valence-corrected chi connectivity index (χ1v) is 6.23. The van der Waals surface area contributed by atoms with E-state index in [9.17, 15) is 25.1 Å². The van der Waals surface area contributed by atoms with Crippen LogP contribution in [0.25, 0.3) is 0 Å². The normalized spacial score (nSPS) is 11.9. The minimum absolute atomic E-state index is 0.0224. The topological polar surface area (TPSA) is 101 Å². The maximum atomic E-state index is 12.1. The van der Waals surface area contributed by atoms with E-state index in [4.69, 9.17) is 11.6 Å². The molecule has 2 aromatic carbocycles. The van der Waals surface area contributed by atoms with Crippen molar-refractivity contribution in [2.45, 2.75) is 6.10 Å². The number of nitrogens with zero attached hydrogens (tertiary/aromatic N) is 1. The first-order valence-electron chi connectivity index (χ1n) is 5.85. The van der Waals surface area contributed by atoms with E-state index >= 15 is 0 Å². The van der Waals surface area contributed by atoms with Gasteiger partial charge in [-0.2, -0.15) is 0 Å². The number of carbonyl (C=O) groups is 1. The number of benzene rings is 2. The summed E-state index contributed by atoms with van der Waals surface area (Å²) in [6.45, 7) is 0. The second kappa shape index (κ2) is 5.90. The number of non-ortho nitro benzene ring substituents is 1. The van der Waals surface area contributed by atoms with Crippen LogP contribution < -0.4 is 0 Å². The van der Waals surface area contributed by atoms with Crippen molar-refractivity contribution in [3.63, 3.8) is 0 Å². The molecule has 0 aliphatic heterocycles. The Morgan fingerprint density at radius 1 is 1.19 bits per heavy atom. The first kappa shape index (κ1) is 15.0. The summed E-state index contributed by atoms with van der Waals surface area (Å²) in [4.78, 5) is 22.1. The number of aromatic hydroxyl groups is 1. The molecule has 21 heavy (non-hydrogen) atoms. The highest BCUT2D eigenvalue weighted by molar-refractivity contribution is 6.30. The molecular formula is C14H10ClNO5. The zero-order chi connectivity index (χ0) is 15.6. The smallest absolute Gasteiger partial charge is 0.269 e. The molecule has 0 aliphatic carbocycles. The Bertz CT molecular complexity index is 699. The molecule has 6 nitrogen and oxygen atoms in total. The SMILES string of the molecule is O=C(c1ccc([N+](=O)[O-])cc1)[C@@H](O)c1cc(Cl)ccc1O. The number of carbonyl (C=O) groups excluding carboxylic acids is 1. The molecule has 0 aromatic heterocycles. The van der Waals surface area contributed by atoms with Gasteiger partial charge in [0.2, 0.25) is 0 Å². The molecule has 0 radical (unpaired) electrons. The molecular weight excluding hydrogens is 298 g/mol. The summed E-state index contributed by atoms with van der Waals surface area (Å²) in [5.74, 6) is -0.954. The van der Waals surface area contributed by atoms with Crippen molar-refractivity contribution in [2.75, 3.05) is 0 Å². The number of hydrogen-bond donors (Lipinski definition) is 2. The molecule has 7 heteroatoms. The van der Waals surface area contributed by atoms with Gasteiger partial charge in [-0.05, 0) is 30.3 Å². The molecule has 0 amide bonds. The Morgan fingerprint density at radius 3 is 2.38 bits per heavy atom. The van der Waals surface area contributed by atoms with Crippen molar-refractivity contribution in [2.24, 2.45) is 0 Å². The van der Waals surface area contributed by atoms with Gasteiger partial charge in [0.25, 0.3) is 5.69 Å². The minimum atomic E-state index is -1.61. The Hall–Kier alpha value is -2.44. The van der Waals surface area contributed by atoms with E-state index in [0.29, 0.717) is 0 Å². The molecule has 0 saturated carbocycles. The maximum Gasteiger partial charge on any atom is 0.269 e. The second-order valence-corrected chi connectivity index (χ2v) is 4.71. The number of halogens is 1. The lowest BCUT2D eigenvalue weighted by atomic mass is 9.99. The van der Waals surface area contributed by atoms with E-state index in [2.05, 4.69) is 0 Å². The fourth-order valence-electron chi connectivity index (χ4n) is 1.79. The summed E-state index contributed by atoms with van der Waals surface area (Å²) in [6, 6.07) is 8.78. The summed E-state index contributed by atoms with van der Waals surface area (Å²) in [7, 11) is 0. The highest BCUT2D eigenvalue weighted by Crippen LogP contribution is 2.29. The van der Waals surface area contributed by atoms with Crippen LogP contribution in [-0.2, 0) is 0 Å². The molecule has 0 fully saturated rings. The maximum absolute atomic E-state index is 12.1. The van der Waals surface area contributed by atoms with E-state index in [0.717, 1.165) is 12.1 Å². The fourth-order valence-corrected chi connectivity index (χ4v) is 1.97. The number of hydrogen-bond acceptors (Lipinski definition) is 5. The molecule has 0 aliphatic rings. The highest BCUT2D eigenvalue weighted by atomic mass is 35.5. The Kier molecular flexibility index (Phi) is 4.21. The number of phenolic OH excluding ortho intramolecular Hbond substituents is 1. The third kappa shape index (κ3) is 3.18. The number of nitro benzene ring substituents is 1. The van der Waals surface area contributed by atoms with Gasteiger partial charge in [-0.3, -0.25) is 14.9 Å². The largest absolute Gasteiger partial charge is 0.508 e. The Morgan fingerprint density at radius 2 is 1.81 bits per heavy atom. The van der Waals surface area contributed by atoms with Crippen LogP contribution in [0.3, 0.4) is 0 Å². The van der Waals surface area contributed by atoms with Crippen molar-refractivity contribution in [3.8, 4) is 5.75 Å². The van der Waals surface area contributed by atoms with Crippen LogP contribution in [0.1, 0.15) is 22.0 Å². The van der Waals surface area contributed by atoms with Crippen LogP contribution >= 0.6 is 11.6 Å². The van der Waals surface area contributed by atoms with Crippen LogP contribution in [-0.4, -0.2) is 20.9 Å². The molecule has 2 rings (SSSR count). The van der Waals surface area contributed by atoms with Gasteiger partial charge in [0, 0.05) is 28.3 Å². The van der Waals surface area contributed by atoms with Crippen molar-refractivity contribution < 1.29 is 19.9 Å². The molecule has 0 saturated heterocycles. The highest BCUT2D eigenvalue weighted by Gasteiger charge is 2.23. The van der Waals surface area contributed by atoms with Crippen molar-refractivity contribution >= 4 is 23.1 Å². The summed E-state index contributed by atoms with van der Waals surface area (Å²) < 4.78 is 0. The van der Waals surface area contributed by atoms with Crippen LogP contribution in [0.4, 0.5) is 5.69 Å². The molecule has 0 unspecified atom stereocenters. The number of rotatable bonds is 4. The van der Waals surface area contributed by atoms with Crippen LogP contribution in [0.5, 0.6) is 5.75 Å². The van der Waals surface area contributed by atoms with E-state index in [-0.39, 0.29) is 27.6 Å². The van der Waals surface area contributed by atoms with Crippen molar-refractivity contribution in [3.05, 3.63) is 68.7 Å². The van der Waals surface area contributed by atoms with E-state index in [1.54, 1.807) is 0 Å². The summed E-state index contributed by atoms with van der Waals surface area (Å²) in [5, 5.41) is 30.5. The quantitative estimate of drug-likeness (QED) is 0.514. The minimum Gasteiger partial charge on any atom is -0.508 e. The van der Waals surface area contributed by atoms with E-state index in [1.807, 2.05) is 0 Å². The van der Waals surface area contributed by atoms with Gasteiger partial charge < -0.3 is 10.2 Å². The van der Waals surface area contributed by atoms with Gasteiger partial charge in [0.05, 0.1) is 4.92 Å². The molecule has 2 aromatic rings. The second-order valence-electron chi connectivity index (χ2n) is 4.27. The van der Waals surface area contributed by atoms with Crippen LogP contribution in [0.2, 0.25) is 5.02 Å². The zero-order valence-electron chi connectivity index (χ0n) is 10.6. The van der Waals surface area contributed by atoms with Gasteiger partial charge >= 0.3 is 0 Å². The van der Waals surface area contributed by atoms with Crippen molar-refractivity contribution in [1.29, 1.82) is 0 Å². The van der Waals surface area contributed by atoms with Crippen LogP contribution in [0, 0.1) is 10.1 Å². The van der Waals surface area contributed by atoms with Gasteiger partial charge in [-0.1, -0.05) is 11.6 Å². The first-order chi connectivity index (χ1) is 9.90. The number of aliphatic hydroxyl groups excluding tert-OH is 1. The zero-order valence-corrected chi connectivity index (χ0v) is 11.3. The van der Waals surface area contributed by atoms with Crippen molar-refractivity contribution in [1.82, 2.24) is 0 Å². The summed E-state index contributed by atoms with van der Waals surface area (Å²) in [5.41, 5.74) is -0.0926. The third-order valence-corrected chi connectivity index (χ3v) is 3.13. The van der Waals surface area contributed by atoms with E-state index < -0.39 is 16.8 Å². The predicted molar refractivity (Wildman–Crippen MR) is 75.5 cm³/mol. The number of ketones is 1. The lowest BCUT2D eigenvalue weighted by molar-refractivity contribution is -0.384. The predicted octanol–water partition coefficient (Wildman–Crippen LogP) is 2.87. The number of phenols is 1. The Balaban J connectivity index is 2.30. The molecule has 0 heterocycles. The number of nitro groups is 1. The van der Waals surface area contributed by atoms with Gasteiger partial charge in [-0.15, -0.1) is 0 Å². The number of Topliss-reactive ketones (excluding diaryl/α,β-unsaturated/α-hetero) is 1. The average Bonchev–Trinajstić information content (AvgIpc) is 2.48. The summed E-state index contributed by atoms with van der Waals surface area (Å²) >= 11 is 5.76. The van der Waals surface area contributed by atoms with Crippen LogP contribution in [0.15, 0.2) is 42.5 Å². The Labute approximate surface area is 124 Å². The lowest BCUT2D eigenvalue weighted by Gasteiger charge is -2.12. The van der Waals surface area contributed by atoms with Gasteiger partial charge in [0.15, 0.2) is 5.78 Å². The standard InChI is InChI=1S/C14H10ClNO5/c15-9-3-6-12(17)11(7-9)14(19)13(18)8-1-4-10(5-2-8)16(20)21/h1-7,14,17,19H/t14-/m0/s1. The average molecular weight is 308 g/mol. The van der Waals surface area contributed by atoms with Gasteiger partial charge in [0.1, 0.15) is 11.9 Å². The monoisotopic (exact) mass is 307 g/mol. The third-order valence-electron chi connectivity index (χ3n) is 2.90. The fraction of sp³-hybridized carbons (Fsp3) is 0.0714.